The maximum absolute atomic E-state index is 13.3. The average Bonchev–Trinajstić information content (AvgIpc) is 3.21. The number of rotatable bonds is 4. The van der Waals surface area contributed by atoms with Crippen LogP contribution in [0.1, 0.15) is 16.7 Å². The molecule has 1 aliphatic rings. The number of thiocarbonyl (C=S) groups is 1. The van der Waals surface area contributed by atoms with Crippen molar-refractivity contribution in [1.82, 2.24) is 0 Å². The Morgan fingerprint density at radius 1 is 0.828 bits per heavy atom. The van der Waals surface area contributed by atoms with Gasteiger partial charge in [0.1, 0.15) is 5.57 Å². The highest BCUT2D eigenvalue weighted by Gasteiger charge is 2.41. The predicted octanol–water partition coefficient (Wildman–Crippen LogP) is 5.06. The first-order valence-corrected chi connectivity index (χ1v) is 10.5. The topological polar surface area (TPSA) is 40.6 Å². The number of benzene rings is 2. The van der Waals surface area contributed by atoms with Crippen LogP contribution >= 0.6 is 23.6 Å². The Morgan fingerprint density at radius 3 is 1.79 bits per heavy atom. The van der Waals surface area contributed by atoms with Gasteiger partial charge in [-0.25, -0.2) is 0 Å². The Labute approximate surface area is 178 Å². The van der Waals surface area contributed by atoms with E-state index in [9.17, 15) is 9.59 Å². The standard InChI is InChI=1S/C23H18N2O2S2/c1-2-18-13-14-19(29-18)15-20-21(26)24(16-9-5-3-6-10-16)23(28)25(22(20)27)17-11-7-4-8-12-17/h3-15H,2H2,1H3. The Balaban J connectivity index is 1.85. The average molecular weight is 419 g/mol. The normalized spacial score (nSPS) is 14.5. The molecule has 0 atom stereocenters. The van der Waals surface area contributed by atoms with Crippen LogP contribution in [0.4, 0.5) is 11.4 Å². The van der Waals surface area contributed by atoms with Crippen LogP contribution in [-0.4, -0.2) is 16.9 Å². The van der Waals surface area contributed by atoms with Crippen LogP contribution in [0, 0.1) is 0 Å². The molecule has 0 spiro atoms. The minimum atomic E-state index is -0.412. The van der Waals surface area contributed by atoms with E-state index < -0.39 is 11.8 Å². The first-order chi connectivity index (χ1) is 14.1. The largest absolute Gasteiger partial charge is 0.270 e. The van der Waals surface area contributed by atoms with Gasteiger partial charge in [-0.05, 0) is 61.1 Å². The number of hydrogen-bond acceptors (Lipinski definition) is 4. The lowest BCUT2D eigenvalue weighted by atomic mass is 10.1. The molecule has 2 heterocycles. The first kappa shape index (κ1) is 19.2. The SMILES string of the molecule is CCc1ccc(C=C2C(=O)N(c3ccccc3)C(=S)N(c3ccccc3)C2=O)s1. The highest BCUT2D eigenvalue weighted by Crippen LogP contribution is 2.30. The van der Waals surface area contributed by atoms with E-state index in [1.165, 1.54) is 14.7 Å². The predicted molar refractivity (Wildman–Crippen MR) is 122 cm³/mol. The van der Waals surface area contributed by atoms with E-state index in [-0.39, 0.29) is 10.7 Å². The van der Waals surface area contributed by atoms with E-state index in [0.717, 1.165) is 11.3 Å². The summed E-state index contributed by atoms with van der Waals surface area (Å²) in [5.41, 5.74) is 1.35. The molecule has 1 aromatic heterocycles. The third kappa shape index (κ3) is 3.64. The van der Waals surface area contributed by atoms with Crippen LogP contribution in [0.15, 0.2) is 78.4 Å². The van der Waals surface area contributed by atoms with Crippen LogP contribution in [0.25, 0.3) is 6.08 Å². The zero-order chi connectivity index (χ0) is 20.4. The molecular formula is C23H18N2O2S2. The number of aryl methyl sites for hydroxylation is 1. The van der Waals surface area contributed by atoms with Crippen molar-refractivity contribution in [2.75, 3.05) is 9.80 Å². The number of carbonyl (C=O) groups is 2. The van der Waals surface area contributed by atoms with E-state index >= 15 is 0 Å². The molecule has 0 saturated carbocycles. The summed E-state index contributed by atoms with van der Waals surface area (Å²) in [5, 5.41) is 0.148. The van der Waals surface area contributed by atoms with E-state index in [1.807, 2.05) is 48.5 Å². The monoisotopic (exact) mass is 418 g/mol. The number of anilines is 2. The molecule has 6 heteroatoms. The van der Waals surface area contributed by atoms with Gasteiger partial charge in [0, 0.05) is 9.75 Å². The molecule has 1 fully saturated rings. The zero-order valence-electron chi connectivity index (χ0n) is 15.7. The van der Waals surface area contributed by atoms with Crippen molar-refractivity contribution in [3.8, 4) is 0 Å². The van der Waals surface area contributed by atoms with E-state index in [0.29, 0.717) is 11.4 Å². The van der Waals surface area contributed by atoms with Gasteiger partial charge in [0.15, 0.2) is 5.11 Å². The Bertz CT molecular complexity index is 1040. The highest BCUT2D eigenvalue weighted by molar-refractivity contribution is 7.81. The van der Waals surface area contributed by atoms with Gasteiger partial charge in [0.05, 0.1) is 11.4 Å². The van der Waals surface area contributed by atoms with Gasteiger partial charge in [0.25, 0.3) is 11.8 Å². The maximum atomic E-state index is 13.3. The second kappa shape index (κ2) is 8.11. The molecule has 29 heavy (non-hydrogen) atoms. The summed E-state index contributed by atoms with van der Waals surface area (Å²) < 4.78 is 0. The summed E-state index contributed by atoms with van der Waals surface area (Å²) in [7, 11) is 0. The van der Waals surface area contributed by atoms with Gasteiger partial charge in [-0.15, -0.1) is 11.3 Å². The molecule has 0 aliphatic carbocycles. The van der Waals surface area contributed by atoms with E-state index in [1.54, 1.807) is 41.7 Å². The molecule has 1 saturated heterocycles. The van der Waals surface area contributed by atoms with Crippen molar-refractivity contribution in [2.45, 2.75) is 13.3 Å². The number of carbonyl (C=O) groups excluding carboxylic acids is 2. The van der Waals surface area contributed by atoms with Crippen LogP contribution < -0.4 is 9.80 Å². The molecule has 0 N–H and O–H groups in total. The molecule has 2 amide bonds. The molecule has 0 radical (unpaired) electrons. The molecule has 3 aromatic rings. The molecule has 1 aliphatic heterocycles. The van der Waals surface area contributed by atoms with Crippen molar-refractivity contribution in [2.24, 2.45) is 0 Å². The third-order valence-corrected chi connectivity index (χ3v) is 6.14. The van der Waals surface area contributed by atoms with Gasteiger partial charge in [-0.2, -0.15) is 0 Å². The maximum Gasteiger partial charge on any atom is 0.270 e. The fourth-order valence-electron chi connectivity index (χ4n) is 3.14. The van der Waals surface area contributed by atoms with Gasteiger partial charge >= 0.3 is 0 Å². The molecule has 2 aromatic carbocycles. The summed E-state index contributed by atoms with van der Waals surface area (Å²) in [6, 6.07) is 22.3. The van der Waals surface area contributed by atoms with E-state index in [4.69, 9.17) is 12.2 Å². The van der Waals surface area contributed by atoms with E-state index in [2.05, 4.69) is 6.92 Å². The number of amides is 2. The highest BCUT2D eigenvalue weighted by atomic mass is 32.1. The second-order valence-corrected chi connectivity index (χ2v) is 8.02. The van der Waals surface area contributed by atoms with Gasteiger partial charge < -0.3 is 0 Å². The van der Waals surface area contributed by atoms with Crippen LogP contribution in [0.3, 0.4) is 0 Å². The fourth-order valence-corrected chi connectivity index (χ4v) is 4.42. The summed E-state index contributed by atoms with van der Waals surface area (Å²) in [5.74, 6) is -0.824. The summed E-state index contributed by atoms with van der Waals surface area (Å²) >= 11 is 7.17. The molecule has 4 rings (SSSR count). The minimum absolute atomic E-state index is 0.0933. The number of hydrogen-bond donors (Lipinski definition) is 0. The molecule has 0 unspecified atom stereocenters. The Morgan fingerprint density at radius 2 is 1.34 bits per heavy atom. The summed E-state index contributed by atoms with van der Waals surface area (Å²) in [6.45, 7) is 2.08. The lowest BCUT2D eigenvalue weighted by Crippen LogP contribution is -2.56. The summed E-state index contributed by atoms with van der Waals surface area (Å²) in [6.07, 6.45) is 2.58. The second-order valence-electron chi connectivity index (χ2n) is 6.45. The molecule has 0 bridgehead atoms. The van der Waals surface area contributed by atoms with Crippen molar-refractivity contribution in [1.29, 1.82) is 0 Å². The summed E-state index contributed by atoms with van der Waals surface area (Å²) in [4.78, 5) is 31.6. The molecule has 4 nitrogen and oxygen atoms in total. The number of thiophene rings is 1. The first-order valence-electron chi connectivity index (χ1n) is 9.23. The zero-order valence-corrected chi connectivity index (χ0v) is 17.4. The minimum Gasteiger partial charge on any atom is -0.268 e. The van der Waals surface area contributed by atoms with Crippen molar-refractivity contribution in [3.05, 3.63) is 88.1 Å². The van der Waals surface area contributed by atoms with Crippen LogP contribution in [-0.2, 0) is 16.0 Å². The quantitative estimate of drug-likeness (QED) is 0.338. The molecular weight excluding hydrogens is 400 g/mol. The Hall–Kier alpha value is -3.09. The van der Waals surface area contributed by atoms with Crippen molar-refractivity contribution in [3.63, 3.8) is 0 Å². The smallest absolute Gasteiger partial charge is 0.268 e. The van der Waals surface area contributed by atoms with Crippen molar-refractivity contribution < 1.29 is 9.59 Å². The van der Waals surface area contributed by atoms with Crippen molar-refractivity contribution >= 4 is 57.9 Å². The van der Waals surface area contributed by atoms with Gasteiger partial charge in [0.2, 0.25) is 0 Å². The number of nitrogens with zero attached hydrogens (tertiary/aromatic N) is 2. The van der Waals surface area contributed by atoms with Gasteiger partial charge in [-0.3, -0.25) is 19.4 Å². The fraction of sp³-hybridized carbons (Fsp3) is 0.0870. The van der Waals surface area contributed by atoms with Crippen LogP contribution in [0.5, 0.6) is 0 Å². The Kier molecular flexibility index (Phi) is 5.38. The van der Waals surface area contributed by atoms with Crippen LogP contribution in [0.2, 0.25) is 0 Å². The third-order valence-electron chi connectivity index (χ3n) is 4.60. The molecule has 144 valence electrons. The van der Waals surface area contributed by atoms with Gasteiger partial charge in [-0.1, -0.05) is 43.3 Å². The lowest BCUT2D eigenvalue weighted by Gasteiger charge is -2.36. The number of para-hydroxylation sites is 2. The lowest BCUT2D eigenvalue weighted by molar-refractivity contribution is -0.120.